The van der Waals surface area contributed by atoms with Gasteiger partial charge in [0, 0.05) is 29.4 Å². The minimum Gasteiger partial charge on any atom is -0.388 e. The van der Waals surface area contributed by atoms with Crippen LogP contribution in [0, 0.1) is 11.8 Å². The van der Waals surface area contributed by atoms with Gasteiger partial charge in [-0.15, -0.1) is 0 Å². The number of nitrogens with one attached hydrogen (secondary N) is 1. The lowest BCUT2D eigenvalue weighted by Crippen LogP contribution is -3.13. The fraction of sp³-hybridized carbons (Fsp3) is 0.333. The summed E-state index contributed by atoms with van der Waals surface area (Å²) in [7, 11) is 2.30. The van der Waals surface area contributed by atoms with E-state index in [-0.39, 0.29) is 23.9 Å². The molecule has 1 aliphatic heterocycles. The Kier molecular flexibility index (Phi) is 5.58. The minimum absolute atomic E-state index is 0.125. The van der Waals surface area contributed by atoms with Crippen molar-refractivity contribution in [3.63, 3.8) is 0 Å². The first kappa shape index (κ1) is 19.9. The molecule has 29 heavy (non-hydrogen) atoms. The number of aliphatic hydroxyl groups is 1. The van der Waals surface area contributed by atoms with Gasteiger partial charge in [-0.2, -0.15) is 0 Å². The lowest BCUT2D eigenvalue weighted by atomic mass is 9.63. The van der Waals surface area contributed by atoms with Crippen LogP contribution in [0.1, 0.15) is 42.6 Å². The van der Waals surface area contributed by atoms with Crippen molar-refractivity contribution in [3.05, 3.63) is 108 Å². The number of hydrogen-bond acceptors (Lipinski definition) is 1. The molecule has 1 fully saturated rings. The van der Waals surface area contributed by atoms with Crippen LogP contribution in [0.15, 0.2) is 91.0 Å². The first-order valence-corrected chi connectivity index (χ1v) is 10.7. The topological polar surface area (TPSA) is 24.7 Å². The molecular formula is C27H32NO+. The Morgan fingerprint density at radius 1 is 0.690 bits per heavy atom. The van der Waals surface area contributed by atoms with Gasteiger partial charge in [-0.05, 0) is 5.56 Å². The molecule has 0 radical (unpaired) electrons. The smallest absolute Gasteiger partial charge is 0.119 e. The third kappa shape index (κ3) is 3.63. The van der Waals surface area contributed by atoms with Crippen molar-refractivity contribution in [2.75, 3.05) is 7.05 Å². The van der Waals surface area contributed by atoms with E-state index in [9.17, 15) is 5.11 Å². The van der Waals surface area contributed by atoms with Gasteiger partial charge in [0.15, 0.2) is 0 Å². The molecule has 0 amide bonds. The first-order chi connectivity index (χ1) is 14.0. The predicted molar refractivity (Wildman–Crippen MR) is 119 cm³/mol. The highest BCUT2D eigenvalue weighted by molar-refractivity contribution is 5.26. The van der Waals surface area contributed by atoms with Crippen LogP contribution < -0.4 is 4.90 Å². The average molecular weight is 387 g/mol. The fourth-order valence-corrected chi connectivity index (χ4v) is 5.64. The Morgan fingerprint density at radius 2 is 1.07 bits per heavy atom. The van der Waals surface area contributed by atoms with Crippen LogP contribution in [0.2, 0.25) is 0 Å². The molecule has 1 heterocycles. The summed E-state index contributed by atoms with van der Waals surface area (Å²) < 4.78 is 0. The molecule has 0 saturated carbocycles. The van der Waals surface area contributed by atoms with E-state index in [2.05, 4.69) is 106 Å². The molecule has 2 nitrogen and oxygen atoms in total. The zero-order chi connectivity index (χ0) is 20.4. The first-order valence-electron chi connectivity index (χ1n) is 10.7. The predicted octanol–water partition coefficient (Wildman–Crippen LogP) is 4.24. The molecule has 2 unspecified atom stereocenters. The highest BCUT2D eigenvalue weighted by atomic mass is 16.3. The zero-order valence-electron chi connectivity index (χ0n) is 17.6. The van der Waals surface area contributed by atoms with Crippen molar-refractivity contribution < 1.29 is 10.0 Å². The van der Waals surface area contributed by atoms with E-state index >= 15 is 0 Å². The van der Waals surface area contributed by atoms with Crippen molar-refractivity contribution in [1.82, 2.24) is 0 Å². The second kappa shape index (κ2) is 8.14. The van der Waals surface area contributed by atoms with Gasteiger partial charge < -0.3 is 10.0 Å². The van der Waals surface area contributed by atoms with Gasteiger partial charge in [-0.1, -0.05) is 105 Å². The fourth-order valence-electron chi connectivity index (χ4n) is 5.64. The normalized spacial score (nSPS) is 32.1. The minimum atomic E-state index is -0.790. The summed E-state index contributed by atoms with van der Waals surface area (Å²) in [5.41, 5.74) is 3.02. The molecule has 2 N–H and O–H groups in total. The molecule has 0 spiro atoms. The van der Waals surface area contributed by atoms with Crippen LogP contribution in [0.4, 0.5) is 0 Å². The third-order valence-corrected chi connectivity index (χ3v) is 7.21. The molecular weight excluding hydrogens is 354 g/mol. The second-order valence-electron chi connectivity index (χ2n) is 8.75. The molecule has 150 valence electrons. The summed E-state index contributed by atoms with van der Waals surface area (Å²) in [6.45, 7) is 4.48. The second-order valence-corrected chi connectivity index (χ2v) is 8.75. The van der Waals surface area contributed by atoms with E-state index in [1.54, 1.807) is 0 Å². The van der Waals surface area contributed by atoms with Crippen LogP contribution in [-0.4, -0.2) is 17.8 Å². The van der Waals surface area contributed by atoms with E-state index < -0.39 is 5.60 Å². The van der Waals surface area contributed by atoms with Gasteiger partial charge in [-0.3, -0.25) is 0 Å². The van der Waals surface area contributed by atoms with E-state index in [0.717, 1.165) is 0 Å². The molecule has 3 aromatic rings. The summed E-state index contributed by atoms with van der Waals surface area (Å²) in [5.74, 6) is 0.250. The number of piperidine rings is 1. The van der Waals surface area contributed by atoms with Crippen LogP contribution in [0.3, 0.4) is 0 Å². The number of benzene rings is 3. The molecule has 3 aromatic carbocycles. The Morgan fingerprint density at radius 3 is 1.48 bits per heavy atom. The lowest BCUT2D eigenvalue weighted by Gasteiger charge is -2.53. The molecule has 4 rings (SSSR count). The van der Waals surface area contributed by atoms with E-state index in [0.29, 0.717) is 6.42 Å². The number of likely N-dealkylation sites (tertiary alicyclic amines) is 1. The molecule has 1 saturated heterocycles. The van der Waals surface area contributed by atoms with Gasteiger partial charge in [0.1, 0.15) is 12.1 Å². The van der Waals surface area contributed by atoms with Crippen LogP contribution >= 0.6 is 0 Å². The molecule has 2 heteroatoms. The van der Waals surface area contributed by atoms with Crippen LogP contribution in [0.5, 0.6) is 0 Å². The molecule has 0 bridgehead atoms. The summed E-state index contributed by atoms with van der Waals surface area (Å²) in [6, 6.07) is 32.3. The van der Waals surface area contributed by atoms with E-state index in [4.69, 9.17) is 0 Å². The van der Waals surface area contributed by atoms with Gasteiger partial charge in [0.2, 0.25) is 0 Å². The quantitative estimate of drug-likeness (QED) is 0.689. The summed E-state index contributed by atoms with van der Waals surface area (Å²) in [6.07, 6.45) is 0.677. The Hall–Kier alpha value is -2.42. The van der Waals surface area contributed by atoms with Crippen molar-refractivity contribution in [1.29, 1.82) is 0 Å². The number of rotatable bonds is 4. The van der Waals surface area contributed by atoms with Crippen molar-refractivity contribution in [2.45, 2.75) is 38.0 Å². The van der Waals surface area contributed by atoms with Gasteiger partial charge in [-0.25, -0.2) is 0 Å². The van der Waals surface area contributed by atoms with Crippen LogP contribution in [-0.2, 0) is 6.42 Å². The van der Waals surface area contributed by atoms with Crippen molar-refractivity contribution in [2.24, 2.45) is 11.8 Å². The molecule has 0 aliphatic carbocycles. The lowest BCUT2D eigenvalue weighted by molar-refractivity contribution is -0.961. The monoisotopic (exact) mass is 386 g/mol. The summed E-state index contributed by atoms with van der Waals surface area (Å²) >= 11 is 0. The molecule has 1 aliphatic rings. The SMILES string of the molecule is C[C@@H]1[C@@H](c2ccccc2)[NH+](C)[C@H](c2ccccc2)[C@H](C)C1(O)Cc1ccccc1. The Bertz CT molecular complexity index is 856. The van der Waals surface area contributed by atoms with Crippen molar-refractivity contribution in [3.8, 4) is 0 Å². The standard InChI is InChI=1S/C27H31NO/c1-20-25(23-15-9-5-10-16-23)28(3)26(24-17-11-6-12-18-24)21(2)27(20,29)19-22-13-7-4-8-14-22/h4-18,20-21,25-26,29H,19H2,1-3H3/p+1/t20-,21+,25-,26-,27?/m0/s1. The number of quaternary nitrogens is 1. The Labute approximate surface area is 174 Å². The van der Waals surface area contributed by atoms with Crippen LogP contribution in [0.25, 0.3) is 0 Å². The molecule has 0 aromatic heterocycles. The maximum absolute atomic E-state index is 12.2. The summed E-state index contributed by atoms with van der Waals surface area (Å²) in [5, 5.41) is 12.2. The zero-order valence-corrected chi connectivity index (χ0v) is 17.6. The third-order valence-electron chi connectivity index (χ3n) is 7.21. The van der Waals surface area contributed by atoms with Crippen molar-refractivity contribution >= 4 is 0 Å². The highest BCUT2D eigenvalue weighted by Gasteiger charge is 2.56. The largest absolute Gasteiger partial charge is 0.388 e. The maximum atomic E-state index is 12.2. The van der Waals surface area contributed by atoms with Gasteiger partial charge in [0.05, 0.1) is 12.6 Å². The van der Waals surface area contributed by atoms with Gasteiger partial charge >= 0.3 is 0 Å². The average Bonchev–Trinajstić information content (AvgIpc) is 2.75. The number of hydrogen-bond donors (Lipinski definition) is 2. The Balaban J connectivity index is 1.81. The maximum Gasteiger partial charge on any atom is 0.119 e. The summed E-state index contributed by atoms with van der Waals surface area (Å²) in [4.78, 5) is 1.46. The van der Waals surface area contributed by atoms with E-state index in [1.807, 2.05) is 6.07 Å². The van der Waals surface area contributed by atoms with Gasteiger partial charge in [0.25, 0.3) is 0 Å². The highest BCUT2D eigenvalue weighted by Crippen LogP contribution is 2.45. The van der Waals surface area contributed by atoms with E-state index in [1.165, 1.54) is 21.6 Å². The molecule has 6 atom stereocenters.